The van der Waals surface area contributed by atoms with E-state index < -0.39 is 5.60 Å². The molecule has 1 saturated heterocycles. The maximum atomic E-state index is 13.5. The van der Waals surface area contributed by atoms with Crippen LogP contribution < -0.4 is 10.1 Å². The van der Waals surface area contributed by atoms with E-state index in [4.69, 9.17) is 9.47 Å². The highest BCUT2D eigenvalue weighted by Gasteiger charge is 2.32. The van der Waals surface area contributed by atoms with Crippen LogP contribution >= 0.6 is 0 Å². The summed E-state index contributed by atoms with van der Waals surface area (Å²) in [5.41, 5.74) is 3.42. The minimum absolute atomic E-state index is 0.0464. The zero-order valence-electron chi connectivity index (χ0n) is 21.6. The molecule has 2 aromatic carbocycles. The molecule has 8 nitrogen and oxygen atoms in total. The van der Waals surface area contributed by atoms with Gasteiger partial charge in [0, 0.05) is 19.0 Å². The predicted molar refractivity (Wildman–Crippen MR) is 139 cm³/mol. The summed E-state index contributed by atoms with van der Waals surface area (Å²) in [6.45, 7) is 8.72. The van der Waals surface area contributed by atoms with Gasteiger partial charge >= 0.3 is 6.09 Å². The quantitative estimate of drug-likeness (QED) is 0.506. The van der Waals surface area contributed by atoms with Crippen molar-refractivity contribution in [1.82, 2.24) is 14.7 Å². The number of aryl methyl sites for hydroxylation is 1. The SMILES string of the molecule is COc1ccccc1NC(=O)c1cnn(-c2cccc(C)c2)c1C1CCN(C(=O)OC(C)(C)C)CC1. The average molecular weight is 491 g/mol. The van der Waals surface area contributed by atoms with Gasteiger partial charge in [0.2, 0.25) is 0 Å². The van der Waals surface area contributed by atoms with Crippen LogP contribution in [0.3, 0.4) is 0 Å². The highest BCUT2D eigenvalue weighted by atomic mass is 16.6. The average Bonchev–Trinajstić information content (AvgIpc) is 3.29. The summed E-state index contributed by atoms with van der Waals surface area (Å²) in [4.78, 5) is 27.8. The highest BCUT2D eigenvalue weighted by molar-refractivity contribution is 6.05. The molecule has 0 saturated carbocycles. The first-order valence-corrected chi connectivity index (χ1v) is 12.2. The van der Waals surface area contributed by atoms with Gasteiger partial charge in [0.25, 0.3) is 5.91 Å². The van der Waals surface area contributed by atoms with Crippen LogP contribution in [0.15, 0.2) is 54.7 Å². The van der Waals surface area contributed by atoms with Gasteiger partial charge in [-0.05, 0) is 70.4 Å². The molecule has 1 N–H and O–H groups in total. The van der Waals surface area contributed by atoms with Crippen LogP contribution in [0, 0.1) is 6.92 Å². The van der Waals surface area contributed by atoms with Gasteiger partial charge in [0.05, 0.1) is 35.9 Å². The van der Waals surface area contributed by atoms with Crippen LogP contribution in [-0.4, -0.2) is 52.5 Å². The van der Waals surface area contributed by atoms with Gasteiger partial charge in [0.1, 0.15) is 11.4 Å². The normalized spacial score (nSPS) is 14.4. The molecule has 2 heterocycles. The number of hydrogen-bond donors (Lipinski definition) is 1. The third kappa shape index (κ3) is 5.70. The molecule has 1 aliphatic rings. The summed E-state index contributed by atoms with van der Waals surface area (Å²) in [6.07, 6.45) is 2.72. The number of aromatic nitrogens is 2. The summed E-state index contributed by atoms with van der Waals surface area (Å²) in [5, 5.41) is 7.61. The van der Waals surface area contributed by atoms with E-state index in [1.165, 1.54) is 0 Å². The number of rotatable bonds is 5. The molecule has 1 aromatic heterocycles. The molecular weight excluding hydrogens is 456 g/mol. The summed E-state index contributed by atoms with van der Waals surface area (Å²) < 4.78 is 12.8. The predicted octanol–water partition coefficient (Wildman–Crippen LogP) is 5.56. The molecule has 2 amide bonds. The molecule has 8 heteroatoms. The number of amides is 2. The first-order chi connectivity index (χ1) is 17.2. The Kier molecular flexibility index (Phi) is 7.33. The van der Waals surface area contributed by atoms with Crippen LogP contribution in [0.4, 0.5) is 10.5 Å². The molecule has 0 bridgehead atoms. The van der Waals surface area contributed by atoms with E-state index in [1.54, 1.807) is 30.3 Å². The molecule has 3 aromatic rings. The molecule has 1 aliphatic heterocycles. The van der Waals surface area contributed by atoms with Crippen LogP contribution in [0.2, 0.25) is 0 Å². The molecule has 190 valence electrons. The second-order valence-electron chi connectivity index (χ2n) is 10.1. The zero-order valence-corrected chi connectivity index (χ0v) is 21.6. The van der Waals surface area contributed by atoms with Crippen LogP contribution in [-0.2, 0) is 4.74 Å². The number of ether oxygens (including phenoxy) is 2. The van der Waals surface area contributed by atoms with Crippen molar-refractivity contribution in [1.29, 1.82) is 0 Å². The van der Waals surface area contributed by atoms with Gasteiger partial charge in [-0.2, -0.15) is 5.10 Å². The number of anilines is 1. The van der Waals surface area contributed by atoms with Gasteiger partial charge in [-0.1, -0.05) is 24.3 Å². The molecule has 1 fully saturated rings. The van der Waals surface area contributed by atoms with Crippen molar-refractivity contribution < 1.29 is 19.1 Å². The number of benzene rings is 2. The third-order valence-electron chi connectivity index (χ3n) is 6.19. The third-order valence-corrected chi connectivity index (χ3v) is 6.19. The van der Waals surface area contributed by atoms with Crippen molar-refractivity contribution >= 4 is 17.7 Å². The number of carbonyl (C=O) groups is 2. The Labute approximate surface area is 212 Å². The fraction of sp³-hybridized carbons (Fsp3) is 0.393. The fourth-order valence-corrected chi connectivity index (χ4v) is 4.49. The summed E-state index contributed by atoms with van der Waals surface area (Å²) in [7, 11) is 1.57. The Balaban J connectivity index is 1.63. The number of hydrogen-bond acceptors (Lipinski definition) is 5. The lowest BCUT2D eigenvalue weighted by Gasteiger charge is -2.34. The van der Waals surface area contributed by atoms with Crippen molar-refractivity contribution in [3.8, 4) is 11.4 Å². The first kappa shape index (κ1) is 25.3. The largest absolute Gasteiger partial charge is 0.495 e. The first-order valence-electron chi connectivity index (χ1n) is 12.2. The van der Waals surface area contributed by atoms with Gasteiger partial charge in [0.15, 0.2) is 0 Å². The Morgan fingerprint density at radius 1 is 1.06 bits per heavy atom. The molecule has 0 atom stereocenters. The van der Waals surface area contributed by atoms with Crippen LogP contribution in [0.5, 0.6) is 5.75 Å². The topological polar surface area (TPSA) is 85.7 Å². The maximum Gasteiger partial charge on any atom is 0.410 e. The van der Waals surface area contributed by atoms with E-state index in [1.807, 2.05) is 68.8 Å². The Hall–Kier alpha value is -3.81. The van der Waals surface area contributed by atoms with Crippen molar-refractivity contribution in [3.63, 3.8) is 0 Å². The van der Waals surface area contributed by atoms with Crippen molar-refractivity contribution in [3.05, 3.63) is 71.5 Å². The van der Waals surface area contributed by atoms with Gasteiger partial charge < -0.3 is 19.7 Å². The minimum Gasteiger partial charge on any atom is -0.495 e. The van der Waals surface area contributed by atoms with E-state index >= 15 is 0 Å². The molecule has 36 heavy (non-hydrogen) atoms. The smallest absolute Gasteiger partial charge is 0.410 e. The van der Waals surface area contributed by atoms with Gasteiger partial charge in [-0.25, -0.2) is 9.48 Å². The Morgan fingerprint density at radius 2 is 1.78 bits per heavy atom. The Bertz CT molecular complexity index is 1240. The summed E-state index contributed by atoms with van der Waals surface area (Å²) >= 11 is 0. The Morgan fingerprint density at radius 3 is 2.44 bits per heavy atom. The van der Waals surface area contributed by atoms with E-state index in [0.717, 1.165) is 16.9 Å². The number of likely N-dealkylation sites (tertiary alicyclic amines) is 1. The lowest BCUT2D eigenvalue weighted by atomic mass is 9.90. The van der Waals surface area contributed by atoms with E-state index in [-0.39, 0.29) is 17.9 Å². The summed E-state index contributed by atoms with van der Waals surface area (Å²) in [5.74, 6) is 0.386. The maximum absolute atomic E-state index is 13.5. The number of nitrogens with zero attached hydrogens (tertiary/aromatic N) is 3. The highest BCUT2D eigenvalue weighted by Crippen LogP contribution is 2.34. The fourth-order valence-electron chi connectivity index (χ4n) is 4.49. The monoisotopic (exact) mass is 490 g/mol. The lowest BCUT2D eigenvalue weighted by molar-refractivity contribution is 0.0203. The second-order valence-corrected chi connectivity index (χ2v) is 10.1. The molecule has 0 aliphatic carbocycles. The van der Waals surface area contributed by atoms with Crippen LogP contribution in [0.1, 0.15) is 61.1 Å². The van der Waals surface area contributed by atoms with E-state index in [9.17, 15) is 9.59 Å². The molecule has 4 rings (SSSR count). The molecule has 0 spiro atoms. The number of para-hydroxylation sites is 2. The number of nitrogens with one attached hydrogen (secondary N) is 1. The van der Waals surface area contributed by atoms with Crippen LogP contribution in [0.25, 0.3) is 5.69 Å². The molecule has 0 unspecified atom stereocenters. The van der Waals surface area contributed by atoms with E-state index in [2.05, 4.69) is 10.4 Å². The zero-order chi connectivity index (χ0) is 25.9. The van der Waals surface area contributed by atoms with E-state index in [0.29, 0.717) is 42.9 Å². The number of piperidine rings is 1. The standard InChI is InChI=1S/C28H34N4O4/c1-19-9-8-10-21(17-19)32-25(20-13-15-31(16-14-20)27(34)36-28(2,3)4)22(18-29-32)26(33)30-23-11-6-7-12-24(23)35-5/h6-12,17-18,20H,13-16H2,1-5H3,(H,30,33). The van der Waals surface area contributed by atoms with Gasteiger partial charge in [-0.3, -0.25) is 4.79 Å². The van der Waals surface area contributed by atoms with Crippen molar-refractivity contribution in [2.24, 2.45) is 0 Å². The molecule has 0 radical (unpaired) electrons. The minimum atomic E-state index is -0.540. The second kappa shape index (κ2) is 10.4. The summed E-state index contributed by atoms with van der Waals surface area (Å²) in [6, 6.07) is 15.4. The van der Waals surface area contributed by atoms with Crippen molar-refractivity contribution in [2.75, 3.05) is 25.5 Å². The van der Waals surface area contributed by atoms with Crippen molar-refractivity contribution in [2.45, 2.75) is 52.1 Å². The molecular formula is C28H34N4O4. The number of methoxy groups -OCH3 is 1. The number of carbonyl (C=O) groups excluding carboxylic acids is 2. The van der Waals surface area contributed by atoms with Gasteiger partial charge in [-0.15, -0.1) is 0 Å². The lowest BCUT2D eigenvalue weighted by Crippen LogP contribution is -2.41.